The number of carbonyl (C=O) groups excluding carboxylic acids is 1. The predicted molar refractivity (Wildman–Crippen MR) is 65.7 cm³/mol. The molecular weight excluding hydrogens is 216 g/mol. The molecule has 0 saturated heterocycles. The van der Waals surface area contributed by atoms with Crippen LogP contribution in [0.25, 0.3) is 0 Å². The van der Waals surface area contributed by atoms with Crippen LogP contribution >= 0.6 is 0 Å². The molecule has 0 aromatic heterocycles. The maximum atomic E-state index is 11.5. The summed E-state index contributed by atoms with van der Waals surface area (Å²) >= 11 is 0. The zero-order valence-corrected chi connectivity index (χ0v) is 10.2. The molecule has 0 amide bonds. The molecule has 0 N–H and O–H groups in total. The molecule has 0 spiro atoms. The molecule has 1 atom stereocenters. The summed E-state index contributed by atoms with van der Waals surface area (Å²) in [5.41, 5.74) is 1.77. The van der Waals surface area contributed by atoms with Gasteiger partial charge < -0.3 is 9.47 Å². The first-order chi connectivity index (χ1) is 8.15. The Labute approximate surface area is 101 Å². The molecule has 0 aliphatic heterocycles. The first kappa shape index (κ1) is 11.7. The van der Waals surface area contributed by atoms with E-state index in [0.717, 1.165) is 23.5 Å². The lowest BCUT2D eigenvalue weighted by molar-refractivity contribution is -0.114. The minimum atomic E-state index is 0.160. The van der Waals surface area contributed by atoms with Gasteiger partial charge >= 0.3 is 0 Å². The van der Waals surface area contributed by atoms with Crippen molar-refractivity contribution >= 4 is 5.78 Å². The van der Waals surface area contributed by atoms with Gasteiger partial charge in [0.2, 0.25) is 0 Å². The van der Waals surface area contributed by atoms with Crippen LogP contribution in [-0.4, -0.2) is 20.0 Å². The zero-order valence-electron chi connectivity index (χ0n) is 10.2. The van der Waals surface area contributed by atoms with Gasteiger partial charge in [0, 0.05) is 12.5 Å². The zero-order chi connectivity index (χ0) is 12.4. The molecule has 0 radical (unpaired) electrons. The Bertz CT molecular complexity index is 447. The minimum Gasteiger partial charge on any atom is -0.497 e. The Hall–Kier alpha value is -1.77. The largest absolute Gasteiger partial charge is 0.497 e. The number of methoxy groups -OCH3 is 2. The summed E-state index contributed by atoms with van der Waals surface area (Å²) in [6, 6.07) is 5.71. The molecule has 2 rings (SSSR count). The average molecular weight is 232 g/mol. The third-order valence-corrected chi connectivity index (χ3v) is 3.20. The number of ether oxygens (including phenoxy) is 2. The monoisotopic (exact) mass is 232 g/mol. The number of rotatable bonds is 3. The topological polar surface area (TPSA) is 35.5 Å². The quantitative estimate of drug-likeness (QED) is 0.752. The fourth-order valence-electron chi connectivity index (χ4n) is 2.23. The van der Waals surface area contributed by atoms with E-state index >= 15 is 0 Å². The number of Topliss-reactive ketones (excluding diaryl/α,β-unsaturated/α-hetero) is 1. The second kappa shape index (κ2) is 4.62. The van der Waals surface area contributed by atoms with Crippen molar-refractivity contribution in [3.05, 3.63) is 35.9 Å². The lowest BCUT2D eigenvalue weighted by atomic mass is 9.96. The van der Waals surface area contributed by atoms with E-state index in [1.807, 2.05) is 18.2 Å². The molecule has 0 bridgehead atoms. The lowest BCUT2D eigenvalue weighted by Crippen LogP contribution is -1.99. The summed E-state index contributed by atoms with van der Waals surface area (Å²) < 4.78 is 10.5. The van der Waals surface area contributed by atoms with E-state index in [1.54, 1.807) is 14.2 Å². The van der Waals surface area contributed by atoms with Crippen LogP contribution in [-0.2, 0) is 4.79 Å². The molecule has 3 heteroatoms. The SMILES string of the molecule is C=C1CC(c2ccc(OC)cc2OC)CC1=O. The summed E-state index contributed by atoms with van der Waals surface area (Å²) in [4.78, 5) is 11.5. The second-order valence-corrected chi connectivity index (χ2v) is 4.24. The first-order valence-corrected chi connectivity index (χ1v) is 5.58. The molecule has 1 unspecified atom stereocenters. The number of benzene rings is 1. The molecular formula is C14H16O3. The number of ketones is 1. The number of hydrogen-bond acceptors (Lipinski definition) is 3. The molecule has 1 aromatic rings. The first-order valence-electron chi connectivity index (χ1n) is 5.58. The van der Waals surface area contributed by atoms with Crippen LogP contribution in [0.3, 0.4) is 0 Å². The van der Waals surface area contributed by atoms with Crippen LogP contribution in [0.1, 0.15) is 24.3 Å². The Morgan fingerprint density at radius 1 is 1.24 bits per heavy atom. The van der Waals surface area contributed by atoms with Gasteiger partial charge in [0.25, 0.3) is 0 Å². The van der Waals surface area contributed by atoms with Crippen LogP contribution in [0.5, 0.6) is 11.5 Å². The number of hydrogen-bond donors (Lipinski definition) is 0. The number of allylic oxidation sites excluding steroid dienone is 1. The van der Waals surface area contributed by atoms with Gasteiger partial charge in [0.1, 0.15) is 11.5 Å². The van der Waals surface area contributed by atoms with Gasteiger partial charge in [-0.25, -0.2) is 0 Å². The van der Waals surface area contributed by atoms with Gasteiger partial charge in [-0.1, -0.05) is 12.6 Å². The van der Waals surface area contributed by atoms with Crippen molar-refractivity contribution in [3.8, 4) is 11.5 Å². The highest BCUT2D eigenvalue weighted by Gasteiger charge is 2.29. The summed E-state index contributed by atoms with van der Waals surface area (Å²) in [5.74, 6) is 1.88. The Morgan fingerprint density at radius 3 is 2.53 bits per heavy atom. The van der Waals surface area contributed by atoms with Crippen molar-refractivity contribution < 1.29 is 14.3 Å². The van der Waals surface area contributed by atoms with Gasteiger partial charge in [0.05, 0.1) is 14.2 Å². The highest BCUT2D eigenvalue weighted by atomic mass is 16.5. The van der Waals surface area contributed by atoms with Crippen molar-refractivity contribution in [2.75, 3.05) is 14.2 Å². The summed E-state index contributed by atoms with van der Waals surface area (Å²) in [5, 5.41) is 0. The van der Waals surface area contributed by atoms with Crippen molar-refractivity contribution in [3.63, 3.8) is 0 Å². The maximum Gasteiger partial charge on any atom is 0.158 e. The summed E-state index contributed by atoms with van der Waals surface area (Å²) in [6.45, 7) is 3.79. The minimum absolute atomic E-state index is 0.160. The highest BCUT2D eigenvalue weighted by Crippen LogP contribution is 2.40. The van der Waals surface area contributed by atoms with Crippen molar-refractivity contribution in [1.29, 1.82) is 0 Å². The molecule has 1 fully saturated rings. The molecule has 1 aliphatic rings. The van der Waals surface area contributed by atoms with E-state index in [4.69, 9.17) is 9.47 Å². The van der Waals surface area contributed by atoms with Gasteiger partial charge in [-0.3, -0.25) is 4.79 Å². The standard InChI is InChI=1S/C14H16O3/c1-9-6-10(7-13(9)15)12-5-4-11(16-2)8-14(12)17-3/h4-5,8,10H,1,6-7H2,2-3H3. The fraction of sp³-hybridized carbons (Fsp3) is 0.357. The molecule has 90 valence electrons. The summed E-state index contributed by atoms with van der Waals surface area (Å²) in [6.07, 6.45) is 1.25. The van der Waals surface area contributed by atoms with E-state index in [-0.39, 0.29) is 11.7 Å². The molecule has 1 aliphatic carbocycles. The van der Waals surface area contributed by atoms with E-state index in [9.17, 15) is 4.79 Å². The van der Waals surface area contributed by atoms with E-state index in [0.29, 0.717) is 12.0 Å². The van der Waals surface area contributed by atoms with E-state index in [2.05, 4.69) is 6.58 Å². The van der Waals surface area contributed by atoms with Crippen LogP contribution in [0.2, 0.25) is 0 Å². The average Bonchev–Trinajstić information content (AvgIpc) is 2.68. The Morgan fingerprint density at radius 2 is 2.00 bits per heavy atom. The third kappa shape index (κ3) is 2.18. The molecule has 3 nitrogen and oxygen atoms in total. The molecule has 0 heterocycles. The van der Waals surface area contributed by atoms with Gasteiger partial charge in [-0.2, -0.15) is 0 Å². The van der Waals surface area contributed by atoms with Crippen molar-refractivity contribution in [2.45, 2.75) is 18.8 Å². The highest BCUT2D eigenvalue weighted by molar-refractivity contribution is 5.98. The van der Waals surface area contributed by atoms with Crippen molar-refractivity contribution in [2.24, 2.45) is 0 Å². The van der Waals surface area contributed by atoms with Crippen LogP contribution in [0.15, 0.2) is 30.4 Å². The molecule has 17 heavy (non-hydrogen) atoms. The lowest BCUT2D eigenvalue weighted by Gasteiger charge is -2.14. The Balaban J connectivity index is 2.32. The predicted octanol–water partition coefficient (Wildman–Crippen LogP) is 2.71. The second-order valence-electron chi connectivity index (χ2n) is 4.24. The van der Waals surface area contributed by atoms with Crippen molar-refractivity contribution in [1.82, 2.24) is 0 Å². The third-order valence-electron chi connectivity index (χ3n) is 3.20. The van der Waals surface area contributed by atoms with Crippen LogP contribution < -0.4 is 9.47 Å². The number of carbonyl (C=O) groups is 1. The molecule has 1 saturated carbocycles. The van der Waals surface area contributed by atoms with Crippen LogP contribution in [0, 0.1) is 0 Å². The maximum absolute atomic E-state index is 11.5. The fourth-order valence-corrected chi connectivity index (χ4v) is 2.23. The van der Waals surface area contributed by atoms with E-state index < -0.39 is 0 Å². The smallest absolute Gasteiger partial charge is 0.158 e. The Kier molecular flexibility index (Phi) is 3.18. The molecule has 1 aromatic carbocycles. The van der Waals surface area contributed by atoms with Crippen LogP contribution in [0.4, 0.5) is 0 Å². The van der Waals surface area contributed by atoms with E-state index in [1.165, 1.54) is 0 Å². The normalized spacial score (nSPS) is 19.5. The van der Waals surface area contributed by atoms with Gasteiger partial charge in [-0.05, 0) is 29.5 Å². The van der Waals surface area contributed by atoms with Gasteiger partial charge in [-0.15, -0.1) is 0 Å². The van der Waals surface area contributed by atoms with Gasteiger partial charge in [0.15, 0.2) is 5.78 Å². The summed E-state index contributed by atoms with van der Waals surface area (Å²) in [7, 11) is 3.25.